The Morgan fingerprint density at radius 1 is 1.23 bits per heavy atom. The highest BCUT2D eigenvalue weighted by Crippen LogP contribution is 2.47. The van der Waals surface area contributed by atoms with Gasteiger partial charge in [0.15, 0.2) is 21.7 Å². The fourth-order valence-electron chi connectivity index (χ4n) is 5.19. The van der Waals surface area contributed by atoms with Crippen LogP contribution >= 0.6 is 11.8 Å². The van der Waals surface area contributed by atoms with E-state index in [9.17, 15) is 14.7 Å². The van der Waals surface area contributed by atoms with Crippen LogP contribution in [0.15, 0.2) is 56.2 Å². The third-order valence-electron chi connectivity index (χ3n) is 6.61. The predicted molar refractivity (Wildman–Crippen MR) is 147 cm³/mol. The molecule has 1 saturated heterocycles. The zero-order valence-corrected chi connectivity index (χ0v) is 23.3. The number of hydrogen-bond donors (Lipinski definition) is 3. The number of fused-ring (bicyclic) bond motifs is 3. The maximum absolute atomic E-state index is 13.6. The first-order valence-electron chi connectivity index (χ1n) is 13.0. The van der Waals surface area contributed by atoms with E-state index in [-0.39, 0.29) is 30.4 Å². The summed E-state index contributed by atoms with van der Waals surface area (Å²) in [4.78, 5) is 47.9. The fraction of sp³-hybridized carbons (Fsp3) is 0.357. The van der Waals surface area contributed by atoms with Crippen LogP contribution in [0.4, 0.5) is 5.69 Å². The molecule has 5 heterocycles. The summed E-state index contributed by atoms with van der Waals surface area (Å²) in [6.07, 6.45) is 1.71. The molecule has 0 amide bonds. The average molecular weight is 564 g/mol. The van der Waals surface area contributed by atoms with Crippen LogP contribution in [0.2, 0.25) is 0 Å². The zero-order chi connectivity index (χ0) is 28.2. The molecule has 2 unspecified atom stereocenters. The van der Waals surface area contributed by atoms with Gasteiger partial charge in [0.2, 0.25) is 0 Å². The molecule has 1 aromatic carbocycles. The number of phenolic OH excluding ortho intramolecular Hbond substituents is 1. The molecule has 0 aliphatic carbocycles. The normalized spacial score (nSPS) is 19.4. The largest absolute Gasteiger partial charge is 0.508 e. The number of furan rings is 1. The van der Waals surface area contributed by atoms with Gasteiger partial charge in [0, 0.05) is 23.5 Å². The Kier molecular flexibility index (Phi) is 6.56. The number of aliphatic imine (C=N–C) groups is 1. The summed E-state index contributed by atoms with van der Waals surface area (Å²) in [5.41, 5.74) is 2.92. The molecular formula is C28H29N5O6S. The van der Waals surface area contributed by atoms with Gasteiger partial charge in [-0.25, -0.2) is 9.78 Å². The number of imidazole rings is 1. The quantitative estimate of drug-likeness (QED) is 0.277. The minimum atomic E-state index is -0.573. The Balaban J connectivity index is 1.36. The molecule has 0 bridgehead atoms. The van der Waals surface area contributed by atoms with Crippen molar-refractivity contribution >= 4 is 45.9 Å². The Hall–Kier alpha value is -3.87. The second-order valence-corrected chi connectivity index (χ2v) is 11.7. The second kappa shape index (κ2) is 9.95. The molecular weight excluding hydrogens is 534 g/mol. The van der Waals surface area contributed by atoms with Gasteiger partial charge in [-0.05, 0) is 63.7 Å². The maximum Gasteiger partial charge on any atom is 0.357 e. The molecule has 0 saturated carbocycles. The molecule has 3 aromatic heterocycles. The summed E-state index contributed by atoms with van der Waals surface area (Å²) < 4.78 is 11.5. The molecule has 4 aromatic rings. The van der Waals surface area contributed by atoms with E-state index in [4.69, 9.17) is 19.0 Å². The summed E-state index contributed by atoms with van der Waals surface area (Å²) in [5.74, 6) is -0.906. The van der Waals surface area contributed by atoms with Gasteiger partial charge in [0.05, 0.1) is 53.9 Å². The number of carbonyl (C=O) groups excluding carboxylic acids is 2. The molecule has 12 heteroatoms. The molecule has 0 radical (unpaired) electrons. The maximum atomic E-state index is 13.6. The number of H-pyrrole nitrogens is 2. The number of esters is 1. The van der Waals surface area contributed by atoms with Gasteiger partial charge in [-0.1, -0.05) is 0 Å². The summed E-state index contributed by atoms with van der Waals surface area (Å²) >= 11 is 1.30. The minimum Gasteiger partial charge on any atom is -0.508 e. The number of ether oxygens (including phenoxy) is 1. The molecule has 0 spiro atoms. The summed E-state index contributed by atoms with van der Waals surface area (Å²) in [6.45, 7) is 8.15. The van der Waals surface area contributed by atoms with E-state index in [1.165, 1.54) is 11.8 Å². The number of Topliss-reactive ketones (excluding diaryl/α,β-unsaturated/α-hetero) is 1. The van der Waals surface area contributed by atoms with Crippen LogP contribution in [-0.2, 0) is 14.4 Å². The Bertz CT molecular complexity index is 1640. The van der Waals surface area contributed by atoms with E-state index in [1.807, 2.05) is 32.9 Å². The van der Waals surface area contributed by atoms with Crippen molar-refractivity contribution in [2.24, 2.45) is 10.9 Å². The van der Waals surface area contributed by atoms with Crippen molar-refractivity contribution in [3.63, 3.8) is 0 Å². The van der Waals surface area contributed by atoms with E-state index >= 15 is 0 Å². The van der Waals surface area contributed by atoms with Crippen LogP contribution in [0.1, 0.15) is 55.4 Å². The zero-order valence-electron chi connectivity index (χ0n) is 22.5. The molecule has 1 fully saturated rings. The van der Waals surface area contributed by atoms with Gasteiger partial charge >= 0.3 is 5.97 Å². The van der Waals surface area contributed by atoms with Crippen molar-refractivity contribution in [3.8, 4) is 5.75 Å². The first kappa shape index (κ1) is 26.4. The predicted octanol–water partition coefficient (Wildman–Crippen LogP) is 4.97. The molecule has 2 aliphatic heterocycles. The summed E-state index contributed by atoms with van der Waals surface area (Å²) in [5, 5.41) is 12.6. The van der Waals surface area contributed by atoms with E-state index < -0.39 is 23.4 Å². The van der Waals surface area contributed by atoms with Gasteiger partial charge in [-0.15, -0.1) is 0 Å². The smallest absolute Gasteiger partial charge is 0.357 e. The van der Waals surface area contributed by atoms with Crippen LogP contribution in [0.5, 0.6) is 5.75 Å². The minimum absolute atomic E-state index is 0.0496. The summed E-state index contributed by atoms with van der Waals surface area (Å²) in [6, 6.07) is 8.60. The van der Waals surface area contributed by atoms with Crippen molar-refractivity contribution < 1.29 is 28.7 Å². The molecule has 3 N–H and O–H groups in total. The molecule has 40 heavy (non-hydrogen) atoms. The van der Waals surface area contributed by atoms with Crippen molar-refractivity contribution in [1.82, 2.24) is 20.0 Å². The lowest BCUT2D eigenvalue weighted by molar-refractivity contribution is -0.222. The van der Waals surface area contributed by atoms with E-state index in [2.05, 4.69) is 15.0 Å². The first-order chi connectivity index (χ1) is 19.1. The van der Waals surface area contributed by atoms with Crippen molar-refractivity contribution in [2.75, 3.05) is 19.7 Å². The van der Waals surface area contributed by atoms with Gasteiger partial charge in [-0.3, -0.25) is 14.6 Å². The number of benzene rings is 1. The number of rotatable bonds is 6. The van der Waals surface area contributed by atoms with Crippen molar-refractivity contribution in [2.45, 2.75) is 49.5 Å². The number of carbonyl (C=O) groups is 2. The first-order valence-corrected chi connectivity index (χ1v) is 13.8. The number of nitrogens with zero attached hydrogens (tertiary/aromatic N) is 3. The van der Waals surface area contributed by atoms with E-state index in [0.29, 0.717) is 45.0 Å². The third kappa shape index (κ3) is 4.93. The van der Waals surface area contributed by atoms with Gasteiger partial charge in [0.25, 0.3) is 0 Å². The number of piperidine rings is 1. The number of aromatic hydroxyl groups is 1. The SMILES string of the molecule is CCOC(=O)c1[nH]cc2c1N=C1CN(OC(C)(C)C)CC(=O)C1C2c1ccc(Sc2nc3ccc(O)cc3[nH]2)o1. The fourth-order valence-corrected chi connectivity index (χ4v) is 5.96. The second-order valence-electron chi connectivity index (χ2n) is 10.7. The van der Waals surface area contributed by atoms with Gasteiger partial charge < -0.3 is 24.2 Å². The number of nitrogens with one attached hydrogen (secondary N) is 2. The van der Waals surface area contributed by atoms with Crippen LogP contribution < -0.4 is 0 Å². The number of ketones is 1. The molecule has 6 rings (SSSR count). The van der Waals surface area contributed by atoms with Crippen LogP contribution in [0, 0.1) is 5.92 Å². The van der Waals surface area contributed by atoms with Gasteiger partial charge in [-0.2, -0.15) is 5.06 Å². The monoisotopic (exact) mass is 563 g/mol. The topological polar surface area (TPSA) is 146 Å². The van der Waals surface area contributed by atoms with Crippen molar-refractivity contribution in [1.29, 1.82) is 0 Å². The van der Waals surface area contributed by atoms with Crippen LogP contribution in [0.25, 0.3) is 11.0 Å². The number of aromatic amines is 2. The number of hydroxylamine groups is 2. The Morgan fingerprint density at radius 3 is 2.83 bits per heavy atom. The Labute approximate surface area is 233 Å². The lowest BCUT2D eigenvalue weighted by Crippen LogP contribution is -2.52. The van der Waals surface area contributed by atoms with E-state index in [0.717, 1.165) is 5.52 Å². The number of hydrogen-bond acceptors (Lipinski definition) is 10. The summed E-state index contributed by atoms with van der Waals surface area (Å²) in [7, 11) is 0. The highest BCUT2D eigenvalue weighted by atomic mass is 32.2. The Morgan fingerprint density at radius 2 is 2.05 bits per heavy atom. The molecule has 2 atom stereocenters. The highest BCUT2D eigenvalue weighted by molar-refractivity contribution is 7.99. The molecule has 208 valence electrons. The average Bonchev–Trinajstić information content (AvgIpc) is 3.60. The third-order valence-corrected chi connectivity index (χ3v) is 7.42. The highest BCUT2D eigenvalue weighted by Gasteiger charge is 2.46. The van der Waals surface area contributed by atoms with Crippen LogP contribution in [-0.4, -0.2) is 67.9 Å². The standard InChI is InChI=1S/C28H29N5O6S/c1-5-37-26(36)25-24-15(11-29-25)22(23-18(30-24)12-33(13-19(23)35)39-28(2,3)4)20-8-9-21(38-20)40-27-31-16-7-6-14(34)10-17(16)32-27/h6-11,22-23,29,34H,5,12-13H2,1-4H3,(H,31,32). The lowest BCUT2D eigenvalue weighted by atomic mass is 9.75. The van der Waals surface area contributed by atoms with Crippen LogP contribution in [0.3, 0.4) is 0 Å². The van der Waals surface area contributed by atoms with Crippen molar-refractivity contribution in [3.05, 3.63) is 53.5 Å². The molecule has 11 nitrogen and oxygen atoms in total. The van der Waals surface area contributed by atoms with E-state index in [1.54, 1.807) is 36.4 Å². The number of phenols is 1. The molecule has 2 aliphatic rings. The number of aromatic nitrogens is 3. The lowest BCUT2D eigenvalue weighted by Gasteiger charge is -2.39. The van der Waals surface area contributed by atoms with Gasteiger partial charge in [0.1, 0.15) is 11.5 Å².